The van der Waals surface area contributed by atoms with E-state index < -0.39 is 17.6 Å². The molecule has 150 valence electrons. The summed E-state index contributed by atoms with van der Waals surface area (Å²) in [6.45, 7) is 5.52. The molecule has 1 unspecified atom stereocenters. The maximum atomic E-state index is 13.1. The van der Waals surface area contributed by atoms with E-state index in [2.05, 4.69) is 34.4 Å². The first-order chi connectivity index (χ1) is 11.7. The Balaban J connectivity index is 0.00000625. The second-order valence-electron chi connectivity index (χ2n) is 5.89. The average Bonchev–Trinajstić information content (AvgIpc) is 2.56. The minimum Gasteiger partial charge on any atom is -0.355 e. The quantitative estimate of drug-likeness (QED) is 0.264. The van der Waals surface area contributed by atoms with Crippen LogP contribution in [0.3, 0.4) is 0 Å². The summed E-state index contributed by atoms with van der Waals surface area (Å²) in [6.07, 6.45) is -3.57. The van der Waals surface area contributed by atoms with Crippen molar-refractivity contribution in [2.24, 2.45) is 4.99 Å². The molecule has 0 aliphatic rings. The van der Waals surface area contributed by atoms with Gasteiger partial charge in [0.15, 0.2) is 5.96 Å². The van der Waals surface area contributed by atoms with Gasteiger partial charge in [-0.05, 0) is 38.1 Å². The van der Waals surface area contributed by atoms with E-state index in [4.69, 9.17) is 0 Å². The van der Waals surface area contributed by atoms with Crippen molar-refractivity contribution in [3.8, 4) is 0 Å². The Morgan fingerprint density at radius 3 is 2.46 bits per heavy atom. The summed E-state index contributed by atoms with van der Waals surface area (Å²) < 4.78 is 52.1. The fourth-order valence-electron chi connectivity index (χ4n) is 2.25. The largest absolute Gasteiger partial charge is 0.416 e. The Hall–Kier alpha value is -1.10. The number of halogens is 5. The van der Waals surface area contributed by atoms with Gasteiger partial charge in [-0.25, -0.2) is 4.39 Å². The van der Waals surface area contributed by atoms with Crippen LogP contribution in [0.25, 0.3) is 0 Å². The van der Waals surface area contributed by atoms with Crippen LogP contribution in [0.1, 0.15) is 31.4 Å². The van der Waals surface area contributed by atoms with E-state index in [-0.39, 0.29) is 36.1 Å². The molecule has 0 aliphatic carbocycles. The Morgan fingerprint density at radius 1 is 1.27 bits per heavy atom. The molecule has 1 rings (SSSR count). The van der Waals surface area contributed by atoms with Gasteiger partial charge in [0.25, 0.3) is 0 Å². The minimum absolute atomic E-state index is 0. The zero-order chi connectivity index (χ0) is 19.0. The fraction of sp³-hybridized carbons (Fsp3) is 0.588. The zero-order valence-corrected chi connectivity index (χ0v) is 17.8. The predicted octanol–water partition coefficient (Wildman–Crippen LogP) is 3.86. The lowest BCUT2D eigenvalue weighted by Crippen LogP contribution is -2.42. The number of likely N-dealkylation sites (N-methyl/N-ethyl adjacent to an activating group) is 1. The lowest BCUT2D eigenvalue weighted by Gasteiger charge is -2.24. The second kappa shape index (κ2) is 11.6. The first-order valence-corrected chi connectivity index (χ1v) is 8.19. The van der Waals surface area contributed by atoms with Gasteiger partial charge in [0.2, 0.25) is 0 Å². The first-order valence-electron chi connectivity index (χ1n) is 8.19. The Kier molecular flexibility index (Phi) is 11.1. The van der Waals surface area contributed by atoms with Crippen molar-refractivity contribution in [1.82, 2.24) is 15.5 Å². The summed E-state index contributed by atoms with van der Waals surface area (Å²) in [5.74, 6) is -0.512. The molecule has 0 amide bonds. The third-order valence-electron chi connectivity index (χ3n) is 4.15. The zero-order valence-electron chi connectivity index (χ0n) is 15.5. The van der Waals surface area contributed by atoms with Gasteiger partial charge in [-0.15, -0.1) is 24.0 Å². The number of hydrogen-bond donors (Lipinski definition) is 2. The number of benzene rings is 1. The van der Waals surface area contributed by atoms with Crippen LogP contribution >= 0.6 is 24.0 Å². The van der Waals surface area contributed by atoms with E-state index in [9.17, 15) is 17.6 Å². The standard InChI is InChI=1S/C17H26F4N4.HI/c1-5-12(2)25(4)9-8-23-16(22-3)24-11-13-6-7-14(18)10-15(13)17(19,20)21;/h6-7,10,12H,5,8-9,11H2,1-4H3,(H2,22,23,24);1H. The molecule has 1 aromatic carbocycles. The lowest BCUT2D eigenvalue weighted by molar-refractivity contribution is -0.138. The van der Waals surface area contributed by atoms with Gasteiger partial charge in [-0.3, -0.25) is 4.99 Å². The number of hydrogen-bond acceptors (Lipinski definition) is 2. The van der Waals surface area contributed by atoms with Gasteiger partial charge in [-0.1, -0.05) is 13.0 Å². The van der Waals surface area contributed by atoms with E-state index in [0.717, 1.165) is 25.1 Å². The van der Waals surface area contributed by atoms with Crippen LogP contribution in [-0.2, 0) is 12.7 Å². The highest BCUT2D eigenvalue weighted by molar-refractivity contribution is 14.0. The molecule has 1 atom stereocenters. The van der Waals surface area contributed by atoms with Gasteiger partial charge >= 0.3 is 6.18 Å². The van der Waals surface area contributed by atoms with Crippen molar-refractivity contribution in [2.75, 3.05) is 27.2 Å². The predicted molar refractivity (Wildman–Crippen MR) is 107 cm³/mol. The van der Waals surface area contributed by atoms with Crippen LogP contribution in [0.5, 0.6) is 0 Å². The molecule has 0 bridgehead atoms. The van der Waals surface area contributed by atoms with Crippen LogP contribution in [0.2, 0.25) is 0 Å². The van der Waals surface area contributed by atoms with Gasteiger partial charge in [0.05, 0.1) is 5.56 Å². The summed E-state index contributed by atoms with van der Waals surface area (Å²) in [6, 6.07) is 3.11. The van der Waals surface area contributed by atoms with Crippen molar-refractivity contribution >= 4 is 29.9 Å². The fourth-order valence-corrected chi connectivity index (χ4v) is 2.25. The molecule has 0 spiro atoms. The highest BCUT2D eigenvalue weighted by Gasteiger charge is 2.33. The smallest absolute Gasteiger partial charge is 0.355 e. The van der Waals surface area contributed by atoms with E-state index >= 15 is 0 Å². The van der Waals surface area contributed by atoms with Crippen LogP contribution in [0.15, 0.2) is 23.2 Å². The summed E-state index contributed by atoms with van der Waals surface area (Å²) in [7, 11) is 3.56. The molecule has 0 aliphatic heterocycles. The molecule has 2 N–H and O–H groups in total. The molecule has 1 aromatic rings. The van der Waals surface area contributed by atoms with Crippen LogP contribution in [0, 0.1) is 5.82 Å². The molecule has 4 nitrogen and oxygen atoms in total. The molecular weight excluding hydrogens is 463 g/mol. The van der Waals surface area contributed by atoms with Crippen LogP contribution in [0.4, 0.5) is 17.6 Å². The van der Waals surface area contributed by atoms with Crippen LogP contribution in [-0.4, -0.2) is 44.1 Å². The van der Waals surface area contributed by atoms with Crippen molar-refractivity contribution in [3.05, 3.63) is 35.1 Å². The number of nitrogens with zero attached hydrogens (tertiary/aromatic N) is 2. The molecule has 26 heavy (non-hydrogen) atoms. The first kappa shape index (κ1) is 24.9. The van der Waals surface area contributed by atoms with E-state index in [1.54, 1.807) is 7.05 Å². The third kappa shape index (κ3) is 8.07. The third-order valence-corrected chi connectivity index (χ3v) is 4.15. The van der Waals surface area contributed by atoms with Crippen LogP contribution < -0.4 is 10.6 Å². The summed E-state index contributed by atoms with van der Waals surface area (Å²) >= 11 is 0. The molecular formula is C17H27F4IN4. The molecule has 0 fully saturated rings. The van der Waals surface area contributed by atoms with E-state index in [1.165, 1.54) is 0 Å². The van der Waals surface area contributed by atoms with E-state index in [0.29, 0.717) is 24.6 Å². The number of rotatable bonds is 7. The second-order valence-corrected chi connectivity index (χ2v) is 5.89. The number of aliphatic imine (C=N–C) groups is 1. The van der Waals surface area contributed by atoms with Crippen molar-refractivity contribution in [3.63, 3.8) is 0 Å². The van der Waals surface area contributed by atoms with Crippen molar-refractivity contribution in [1.29, 1.82) is 0 Å². The molecule has 0 aromatic heterocycles. The van der Waals surface area contributed by atoms with Gasteiger partial charge in [0.1, 0.15) is 5.82 Å². The molecule has 0 radical (unpaired) electrons. The SMILES string of the molecule is CCC(C)N(C)CCNC(=NC)NCc1ccc(F)cc1C(F)(F)F.I. The molecule has 0 saturated carbocycles. The Morgan fingerprint density at radius 2 is 1.92 bits per heavy atom. The maximum absolute atomic E-state index is 13.1. The minimum atomic E-state index is -4.60. The van der Waals surface area contributed by atoms with Gasteiger partial charge in [0, 0.05) is 32.7 Å². The lowest BCUT2D eigenvalue weighted by atomic mass is 10.1. The van der Waals surface area contributed by atoms with Gasteiger partial charge < -0.3 is 15.5 Å². The average molecular weight is 490 g/mol. The van der Waals surface area contributed by atoms with Crippen molar-refractivity contribution < 1.29 is 17.6 Å². The van der Waals surface area contributed by atoms with E-state index in [1.807, 2.05) is 7.05 Å². The molecule has 0 heterocycles. The maximum Gasteiger partial charge on any atom is 0.416 e. The summed E-state index contributed by atoms with van der Waals surface area (Å²) in [5.41, 5.74) is -1.01. The van der Waals surface area contributed by atoms with Gasteiger partial charge in [-0.2, -0.15) is 13.2 Å². The highest BCUT2D eigenvalue weighted by Crippen LogP contribution is 2.32. The Bertz CT molecular complexity index is 578. The topological polar surface area (TPSA) is 39.7 Å². The normalized spacial score (nSPS) is 13.3. The highest BCUT2D eigenvalue weighted by atomic mass is 127. The monoisotopic (exact) mass is 490 g/mol. The summed E-state index contributed by atoms with van der Waals surface area (Å²) in [5, 5.41) is 5.89. The molecule has 9 heteroatoms. The Labute approximate surface area is 169 Å². The molecule has 0 saturated heterocycles. The summed E-state index contributed by atoms with van der Waals surface area (Å²) in [4.78, 5) is 6.18. The number of guanidine groups is 1. The number of alkyl halides is 3. The number of nitrogens with one attached hydrogen (secondary N) is 2. The van der Waals surface area contributed by atoms with Crippen molar-refractivity contribution in [2.45, 2.75) is 39.0 Å².